The number of carbonyl (C=O) groups is 1. The van der Waals surface area contributed by atoms with Crippen LogP contribution in [0.3, 0.4) is 0 Å². The molecule has 1 aliphatic carbocycles. The Hall–Kier alpha value is -3.23. The van der Waals surface area contributed by atoms with Crippen LogP contribution in [0.2, 0.25) is 0 Å². The minimum absolute atomic E-state index is 0.142. The van der Waals surface area contributed by atoms with Crippen molar-refractivity contribution in [2.75, 3.05) is 7.11 Å². The fraction of sp³-hybridized carbons (Fsp3) is 0.192. The number of ether oxygens (including phenoxy) is 1. The standard InChI is InChI=1S/C26H24O6S2/c1-19-18-26(33(28,29)20-11-5-3-6-12-20,34(30,31)21-13-7-4-8-14-21)24(17-25(27)32-2)23-16-10-9-15-22(19)23/h3-16,24H,1,17-18H2,2H3. The predicted octanol–water partition coefficient (Wildman–Crippen LogP) is 4.39. The lowest BCUT2D eigenvalue weighted by molar-refractivity contribution is -0.141. The number of hydrogen-bond acceptors (Lipinski definition) is 6. The van der Waals surface area contributed by atoms with Crippen molar-refractivity contribution >= 4 is 31.2 Å². The molecule has 0 bridgehead atoms. The molecular formula is C26H24O6S2. The van der Waals surface area contributed by atoms with Gasteiger partial charge in [-0.2, -0.15) is 0 Å². The first kappa shape index (κ1) is 23.9. The van der Waals surface area contributed by atoms with Gasteiger partial charge < -0.3 is 4.74 Å². The van der Waals surface area contributed by atoms with Crippen LogP contribution in [0.4, 0.5) is 0 Å². The highest BCUT2D eigenvalue weighted by molar-refractivity contribution is 8.10. The summed E-state index contributed by atoms with van der Waals surface area (Å²) in [4.78, 5) is 12.3. The van der Waals surface area contributed by atoms with E-state index in [0.29, 0.717) is 16.7 Å². The molecule has 0 fully saturated rings. The molecule has 1 atom stereocenters. The van der Waals surface area contributed by atoms with Crippen LogP contribution in [0.5, 0.6) is 0 Å². The van der Waals surface area contributed by atoms with E-state index in [0.717, 1.165) is 0 Å². The lowest BCUT2D eigenvalue weighted by Crippen LogP contribution is -2.53. The average molecular weight is 497 g/mol. The Morgan fingerprint density at radius 1 is 0.853 bits per heavy atom. The fourth-order valence-electron chi connectivity index (χ4n) is 4.70. The van der Waals surface area contributed by atoms with Crippen LogP contribution in [-0.4, -0.2) is 34.0 Å². The van der Waals surface area contributed by atoms with Gasteiger partial charge in [-0.25, -0.2) is 16.8 Å². The second-order valence-corrected chi connectivity index (χ2v) is 12.8. The van der Waals surface area contributed by atoms with Gasteiger partial charge >= 0.3 is 5.97 Å². The Balaban J connectivity index is 2.14. The summed E-state index contributed by atoms with van der Waals surface area (Å²) in [6.07, 6.45) is -0.820. The van der Waals surface area contributed by atoms with Gasteiger partial charge in [0.05, 0.1) is 23.3 Å². The number of rotatable bonds is 6. The number of esters is 1. The minimum Gasteiger partial charge on any atom is -0.469 e. The zero-order valence-electron chi connectivity index (χ0n) is 18.5. The van der Waals surface area contributed by atoms with Gasteiger partial charge in [-0.1, -0.05) is 67.2 Å². The summed E-state index contributed by atoms with van der Waals surface area (Å²) in [7, 11) is -7.94. The van der Waals surface area contributed by atoms with Gasteiger partial charge in [-0.3, -0.25) is 4.79 Å². The van der Waals surface area contributed by atoms with E-state index in [1.807, 2.05) is 0 Å². The Morgan fingerprint density at radius 2 is 1.32 bits per heavy atom. The van der Waals surface area contributed by atoms with Gasteiger partial charge in [0.2, 0.25) is 0 Å². The highest BCUT2D eigenvalue weighted by Gasteiger charge is 2.63. The quantitative estimate of drug-likeness (QED) is 0.470. The van der Waals surface area contributed by atoms with Gasteiger partial charge in [0.25, 0.3) is 0 Å². The minimum atomic E-state index is -4.56. The molecule has 3 aromatic rings. The van der Waals surface area contributed by atoms with E-state index in [4.69, 9.17) is 4.74 Å². The summed E-state index contributed by atoms with van der Waals surface area (Å²) < 4.78 is 60.0. The van der Waals surface area contributed by atoms with Crippen molar-refractivity contribution in [1.29, 1.82) is 0 Å². The monoisotopic (exact) mass is 496 g/mol. The molecule has 0 aromatic heterocycles. The van der Waals surface area contributed by atoms with Crippen LogP contribution in [-0.2, 0) is 29.2 Å². The van der Waals surface area contributed by atoms with Crippen molar-refractivity contribution < 1.29 is 26.4 Å². The molecule has 6 nitrogen and oxygen atoms in total. The molecule has 0 radical (unpaired) electrons. The van der Waals surface area contributed by atoms with E-state index in [2.05, 4.69) is 6.58 Å². The van der Waals surface area contributed by atoms with E-state index in [9.17, 15) is 21.6 Å². The second kappa shape index (κ2) is 8.85. The van der Waals surface area contributed by atoms with Gasteiger partial charge in [-0.15, -0.1) is 0 Å². The first-order valence-corrected chi connectivity index (χ1v) is 13.6. The van der Waals surface area contributed by atoms with E-state index >= 15 is 0 Å². The largest absolute Gasteiger partial charge is 0.469 e. The van der Waals surface area contributed by atoms with Gasteiger partial charge in [0.15, 0.2) is 23.8 Å². The summed E-state index contributed by atoms with van der Waals surface area (Å²) in [6, 6.07) is 21.8. The van der Waals surface area contributed by atoms with Crippen molar-refractivity contribution in [2.45, 2.75) is 32.6 Å². The maximum Gasteiger partial charge on any atom is 0.306 e. The molecule has 0 amide bonds. The third kappa shape index (κ3) is 3.58. The number of fused-ring (bicyclic) bond motifs is 1. The van der Waals surface area contributed by atoms with Crippen LogP contribution in [0.15, 0.2) is 101 Å². The number of sulfone groups is 2. The normalized spacial score (nSPS) is 17.6. The highest BCUT2D eigenvalue weighted by atomic mass is 32.3. The molecule has 0 saturated carbocycles. The number of methoxy groups -OCH3 is 1. The third-order valence-electron chi connectivity index (χ3n) is 6.32. The molecule has 0 saturated heterocycles. The van der Waals surface area contributed by atoms with E-state index in [1.54, 1.807) is 36.4 Å². The third-order valence-corrected chi connectivity index (χ3v) is 12.1. The Morgan fingerprint density at radius 3 is 1.82 bits per heavy atom. The van der Waals surface area contributed by atoms with Crippen molar-refractivity contribution in [1.82, 2.24) is 0 Å². The first-order chi connectivity index (χ1) is 16.2. The molecular weight excluding hydrogens is 472 g/mol. The van der Waals surface area contributed by atoms with Crippen molar-refractivity contribution in [3.05, 3.63) is 103 Å². The SMILES string of the molecule is C=C1CC(S(=O)(=O)c2ccccc2)(S(=O)(=O)c2ccccc2)C(CC(=O)OC)c2ccccc21. The maximum absolute atomic E-state index is 14.4. The second-order valence-electron chi connectivity index (χ2n) is 8.15. The molecule has 0 heterocycles. The van der Waals surface area contributed by atoms with Crippen LogP contribution in [0, 0.1) is 0 Å². The highest BCUT2D eigenvalue weighted by Crippen LogP contribution is 2.56. The van der Waals surface area contributed by atoms with Crippen molar-refractivity contribution in [3.63, 3.8) is 0 Å². The zero-order valence-corrected chi connectivity index (χ0v) is 20.2. The lowest BCUT2D eigenvalue weighted by Gasteiger charge is -2.44. The van der Waals surface area contributed by atoms with Gasteiger partial charge in [-0.05, 0) is 41.0 Å². The average Bonchev–Trinajstić information content (AvgIpc) is 2.86. The Bertz CT molecular complexity index is 1370. The predicted molar refractivity (Wildman–Crippen MR) is 129 cm³/mol. The van der Waals surface area contributed by atoms with Crippen LogP contribution >= 0.6 is 0 Å². The van der Waals surface area contributed by atoms with Crippen LogP contribution < -0.4 is 0 Å². The molecule has 1 unspecified atom stereocenters. The summed E-state index contributed by atoms with van der Waals surface area (Å²) >= 11 is 0. The lowest BCUT2D eigenvalue weighted by atomic mass is 9.78. The molecule has 0 spiro atoms. The molecule has 0 aliphatic heterocycles. The van der Waals surface area contributed by atoms with E-state index in [-0.39, 0.29) is 16.2 Å². The first-order valence-electron chi connectivity index (χ1n) is 10.6. The molecule has 4 rings (SSSR count). The number of hydrogen-bond donors (Lipinski definition) is 0. The van der Waals surface area contributed by atoms with E-state index in [1.165, 1.54) is 55.6 Å². The maximum atomic E-state index is 14.4. The Kier molecular flexibility index (Phi) is 6.22. The zero-order chi connectivity index (χ0) is 24.6. The van der Waals surface area contributed by atoms with E-state index < -0.39 is 42.1 Å². The summed E-state index contributed by atoms with van der Waals surface area (Å²) in [5.74, 6) is -1.93. The number of carbonyl (C=O) groups excluding carboxylic acids is 1. The van der Waals surface area contributed by atoms with Gasteiger partial charge in [0, 0.05) is 12.3 Å². The van der Waals surface area contributed by atoms with Crippen molar-refractivity contribution in [2.24, 2.45) is 0 Å². The molecule has 3 aromatic carbocycles. The molecule has 34 heavy (non-hydrogen) atoms. The summed E-state index contributed by atoms with van der Waals surface area (Å²) in [5, 5.41) is 0. The molecule has 176 valence electrons. The smallest absolute Gasteiger partial charge is 0.306 e. The van der Waals surface area contributed by atoms with Gasteiger partial charge in [0.1, 0.15) is 0 Å². The van der Waals surface area contributed by atoms with Crippen LogP contribution in [0.25, 0.3) is 5.57 Å². The molecule has 8 heteroatoms. The summed E-state index contributed by atoms with van der Waals surface area (Å²) in [6.45, 7) is 4.05. The topological polar surface area (TPSA) is 94.6 Å². The fourth-order valence-corrected chi connectivity index (χ4v) is 10.2. The Labute approximate surface area is 199 Å². The molecule has 1 aliphatic rings. The summed E-state index contributed by atoms with van der Waals surface area (Å²) in [5.41, 5.74) is 1.44. The number of benzene rings is 3. The van der Waals surface area contributed by atoms with Crippen LogP contribution in [0.1, 0.15) is 29.9 Å². The van der Waals surface area contributed by atoms with Crippen molar-refractivity contribution in [3.8, 4) is 0 Å². The molecule has 0 N–H and O–H groups in total. The number of allylic oxidation sites excluding steroid dienone is 1.